The maximum Gasteiger partial charge on any atom is 0.416 e. The van der Waals surface area contributed by atoms with E-state index in [1.54, 1.807) is 0 Å². The number of nitrogens with zero attached hydrogens (tertiary/aromatic N) is 1. The highest BCUT2D eigenvalue weighted by molar-refractivity contribution is 7.89. The molecule has 0 aliphatic carbocycles. The van der Waals surface area contributed by atoms with Gasteiger partial charge in [0.2, 0.25) is 10.0 Å². The summed E-state index contributed by atoms with van der Waals surface area (Å²) >= 11 is 0. The number of benzene rings is 2. The predicted octanol–water partition coefficient (Wildman–Crippen LogP) is 3.75. The highest BCUT2D eigenvalue weighted by Crippen LogP contribution is 2.32. The predicted molar refractivity (Wildman–Crippen MR) is 100 cm³/mol. The van der Waals surface area contributed by atoms with Gasteiger partial charge in [0.1, 0.15) is 10.6 Å². The average molecular weight is 428 g/mol. The van der Waals surface area contributed by atoms with E-state index in [1.807, 2.05) is 0 Å². The lowest BCUT2D eigenvalue weighted by atomic mass is 10.1. The normalized spacial score (nSPS) is 15.3. The van der Waals surface area contributed by atoms with Crippen LogP contribution >= 0.6 is 0 Å². The van der Waals surface area contributed by atoms with Crippen LogP contribution < -0.4 is 10.1 Å². The molecular weight excluding hydrogens is 409 g/mol. The Morgan fingerprint density at radius 3 is 2.41 bits per heavy atom. The third kappa shape index (κ3) is 4.54. The summed E-state index contributed by atoms with van der Waals surface area (Å²) in [4.78, 5) is 12.4. The Morgan fingerprint density at radius 2 is 1.79 bits per heavy atom. The lowest BCUT2D eigenvalue weighted by Crippen LogP contribution is -2.28. The number of amides is 1. The number of sulfonamides is 1. The number of rotatable bonds is 5. The minimum Gasteiger partial charge on any atom is -0.495 e. The molecule has 1 N–H and O–H groups in total. The van der Waals surface area contributed by atoms with Crippen LogP contribution in [0.1, 0.15) is 28.8 Å². The summed E-state index contributed by atoms with van der Waals surface area (Å²) in [6, 6.07) is 8.07. The summed E-state index contributed by atoms with van der Waals surface area (Å²) in [7, 11) is -2.54. The van der Waals surface area contributed by atoms with Crippen LogP contribution in [0.15, 0.2) is 47.4 Å². The number of methoxy groups -OCH3 is 1. The molecule has 0 unspecified atom stereocenters. The molecule has 1 fully saturated rings. The minimum absolute atomic E-state index is 0.0130. The molecule has 0 aromatic heterocycles. The number of halogens is 3. The molecule has 0 spiro atoms. The van der Waals surface area contributed by atoms with Gasteiger partial charge >= 0.3 is 6.18 Å². The Bertz CT molecular complexity index is 1020. The molecule has 0 saturated carbocycles. The molecule has 29 heavy (non-hydrogen) atoms. The van der Waals surface area contributed by atoms with Crippen LogP contribution in [-0.4, -0.2) is 38.8 Å². The van der Waals surface area contributed by atoms with E-state index in [0.29, 0.717) is 13.1 Å². The molecule has 0 radical (unpaired) electrons. The van der Waals surface area contributed by atoms with Gasteiger partial charge in [0.05, 0.1) is 12.7 Å². The van der Waals surface area contributed by atoms with Crippen molar-refractivity contribution in [2.24, 2.45) is 0 Å². The third-order valence-corrected chi connectivity index (χ3v) is 6.48. The number of carbonyl (C=O) groups excluding carboxylic acids is 1. The first-order valence-electron chi connectivity index (χ1n) is 8.80. The molecule has 1 heterocycles. The van der Waals surface area contributed by atoms with E-state index in [-0.39, 0.29) is 21.9 Å². The summed E-state index contributed by atoms with van der Waals surface area (Å²) < 4.78 is 70.8. The van der Waals surface area contributed by atoms with E-state index in [4.69, 9.17) is 4.74 Å². The highest BCUT2D eigenvalue weighted by Gasteiger charge is 2.32. The Balaban J connectivity index is 1.91. The molecule has 2 aromatic rings. The number of hydrogen-bond donors (Lipinski definition) is 1. The maximum absolute atomic E-state index is 12.9. The van der Waals surface area contributed by atoms with Crippen LogP contribution in [0.25, 0.3) is 0 Å². The second-order valence-corrected chi connectivity index (χ2v) is 8.42. The lowest BCUT2D eigenvalue weighted by Gasteiger charge is -2.18. The van der Waals surface area contributed by atoms with Crippen molar-refractivity contribution in [2.75, 3.05) is 25.5 Å². The average Bonchev–Trinajstić information content (AvgIpc) is 3.22. The summed E-state index contributed by atoms with van der Waals surface area (Å²) in [5.74, 6) is -0.641. The van der Waals surface area contributed by atoms with Crippen molar-refractivity contribution in [1.82, 2.24) is 4.31 Å². The summed E-state index contributed by atoms with van der Waals surface area (Å²) in [6.45, 7) is 0.762. The summed E-state index contributed by atoms with van der Waals surface area (Å²) in [5.41, 5.74) is -0.965. The van der Waals surface area contributed by atoms with Gasteiger partial charge in [-0.15, -0.1) is 0 Å². The van der Waals surface area contributed by atoms with Crippen molar-refractivity contribution in [1.29, 1.82) is 0 Å². The molecule has 1 aliphatic heterocycles. The smallest absolute Gasteiger partial charge is 0.416 e. The van der Waals surface area contributed by atoms with Gasteiger partial charge in [-0.2, -0.15) is 17.5 Å². The molecule has 1 amide bonds. The van der Waals surface area contributed by atoms with Gasteiger partial charge in [-0.25, -0.2) is 8.42 Å². The fourth-order valence-corrected chi connectivity index (χ4v) is 4.76. The monoisotopic (exact) mass is 428 g/mol. The van der Waals surface area contributed by atoms with Crippen molar-refractivity contribution in [3.63, 3.8) is 0 Å². The molecule has 10 heteroatoms. The van der Waals surface area contributed by atoms with Crippen molar-refractivity contribution in [3.05, 3.63) is 53.6 Å². The van der Waals surface area contributed by atoms with E-state index in [2.05, 4.69) is 5.32 Å². The molecule has 0 atom stereocenters. The van der Waals surface area contributed by atoms with Crippen molar-refractivity contribution >= 4 is 21.6 Å². The maximum atomic E-state index is 12.9. The van der Waals surface area contributed by atoms with E-state index in [1.165, 1.54) is 41.7 Å². The van der Waals surface area contributed by atoms with Crippen LogP contribution in [0.3, 0.4) is 0 Å². The SMILES string of the molecule is COc1ccc(C(=O)Nc2cccc(C(F)(F)F)c2)cc1S(=O)(=O)N1CCCC1. The fraction of sp³-hybridized carbons (Fsp3) is 0.316. The summed E-state index contributed by atoms with van der Waals surface area (Å²) in [6.07, 6.45) is -3.05. The van der Waals surface area contributed by atoms with E-state index in [9.17, 15) is 26.4 Å². The molecular formula is C19H19F3N2O4S. The minimum atomic E-state index is -4.54. The van der Waals surface area contributed by atoms with Gasteiger partial charge in [-0.3, -0.25) is 4.79 Å². The first kappa shape index (κ1) is 21.1. The molecule has 2 aromatic carbocycles. The van der Waals surface area contributed by atoms with Crippen LogP contribution in [0.4, 0.5) is 18.9 Å². The molecule has 1 saturated heterocycles. The van der Waals surface area contributed by atoms with E-state index in [0.717, 1.165) is 25.0 Å². The van der Waals surface area contributed by atoms with Crippen molar-refractivity contribution < 1.29 is 31.1 Å². The van der Waals surface area contributed by atoms with E-state index < -0.39 is 27.7 Å². The number of alkyl halides is 3. The molecule has 156 valence electrons. The lowest BCUT2D eigenvalue weighted by molar-refractivity contribution is -0.137. The quantitative estimate of drug-likeness (QED) is 0.787. The largest absolute Gasteiger partial charge is 0.495 e. The van der Waals surface area contributed by atoms with Crippen molar-refractivity contribution in [2.45, 2.75) is 23.9 Å². The first-order valence-corrected chi connectivity index (χ1v) is 10.2. The third-order valence-electron chi connectivity index (χ3n) is 4.56. The molecule has 3 rings (SSSR count). The van der Waals surface area contributed by atoms with Gasteiger partial charge in [-0.05, 0) is 49.2 Å². The Kier molecular flexibility index (Phi) is 5.85. The zero-order valence-electron chi connectivity index (χ0n) is 15.5. The Morgan fingerprint density at radius 1 is 1.10 bits per heavy atom. The van der Waals surface area contributed by atoms with E-state index >= 15 is 0 Å². The van der Waals surface area contributed by atoms with Gasteiger partial charge < -0.3 is 10.1 Å². The Labute approximate surface area is 166 Å². The topological polar surface area (TPSA) is 75.7 Å². The summed E-state index contributed by atoms with van der Waals surface area (Å²) in [5, 5.41) is 2.37. The standard InChI is InChI=1S/C19H19F3N2O4S/c1-28-16-8-7-13(11-17(16)29(26,27)24-9-2-3-10-24)18(25)23-15-6-4-5-14(12-15)19(20,21)22/h4-8,11-12H,2-3,9-10H2,1H3,(H,23,25). The van der Waals surface area contributed by atoms with Crippen LogP contribution in [-0.2, 0) is 16.2 Å². The van der Waals surface area contributed by atoms with Gasteiger partial charge in [0, 0.05) is 24.3 Å². The van der Waals surface area contributed by atoms with Crippen LogP contribution in [0.5, 0.6) is 5.75 Å². The number of carbonyl (C=O) groups is 1. The Hall–Kier alpha value is -2.59. The zero-order chi connectivity index (χ0) is 21.2. The highest BCUT2D eigenvalue weighted by atomic mass is 32.2. The van der Waals surface area contributed by atoms with Gasteiger partial charge in [0.25, 0.3) is 5.91 Å². The number of nitrogens with one attached hydrogen (secondary N) is 1. The molecule has 0 bridgehead atoms. The number of anilines is 1. The first-order chi connectivity index (χ1) is 13.6. The van der Waals surface area contributed by atoms with Crippen molar-refractivity contribution in [3.8, 4) is 5.75 Å². The van der Waals surface area contributed by atoms with Crippen LogP contribution in [0.2, 0.25) is 0 Å². The molecule has 1 aliphatic rings. The zero-order valence-corrected chi connectivity index (χ0v) is 16.3. The van der Waals surface area contributed by atoms with Gasteiger partial charge in [0.15, 0.2) is 0 Å². The number of ether oxygens (including phenoxy) is 1. The fourth-order valence-electron chi connectivity index (χ4n) is 3.06. The van der Waals surface area contributed by atoms with Gasteiger partial charge in [-0.1, -0.05) is 6.07 Å². The number of hydrogen-bond acceptors (Lipinski definition) is 4. The van der Waals surface area contributed by atoms with Crippen LogP contribution in [0, 0.1) is 0 Å². The second-order valence-electron chi connectivity index (χ2n) is 6.51. The second kappa shape index (κ2) is 8.03. The molecule has 6 nitrogen and oxygen atoms in total.